The van der Waals surface area contributed by atoms with Crippen molar-refractivity contribution < 1.29 is 9.18 Å². The first-order valence-corrected chi connectivity index (χ1v) is 10.5. The molecule has 0 saturated carbocycles. The molecule has 3 heterocycles. The zero-order valence-corrected chi connectivity index (χ0v) is 17.1. The van der Waals surface area contributed by atoms with E-state index in [-0.39, 0.29) is 11.7 Å². The van der Waals surface area contributed by atoms with Gasteiger partial charge in [0.1, 0.15) is 5.82 Å². The molecule has 1 amide bonds. The molecule has 154 valence electrons. The number of carbonyl (C=O) groups is 1. The van der Waals surface area contributed by atoms with Gasteiger partial charge in [-0.05, 0) is 55.8 Å². The van der Waals surface area contributed by atoms with Crippen molar-refractivity contribution in [2.75, 3.05) is 50.7 Å². The average Bonchev–Trinajstić information content (AvgIpc) is 3.02. The van der Waals surface area contributed by atoms with E-state index in [0.29, 0.717) is 6.54 Å². The maximum atomic E-state index is 13.1. The van der Waals surface area contributed by atoms with Gasteiger partial charge in [-0.3, -0.25) is 9.69 Å². The van der Waals surface area contributed by atoms with Crippen molar-refractivity contribution in [3.05, 3.63) is 59.7 Å². The molecule has 0 N–H and O–H groups in total. The lowest BCUT2D eigenvalue weighted by Crippen LogP contribution is -2.46. The van der Waals surface area contributed by atoms with Gasteiger partial charge in [0.2, 0.25) is 0 Å². The van der Waals surface area contributed by atoms with E-state index < -0.39 is 0 Å². The molecule has 29 heavy (non-hydrogen) atoms. The van der Waals surface area contributed by atoms with Crippen molar-refractivity contribution in [3.63, 3.8) is 0 Å². The van der Waals surface area contributed by atoms with E-state index in [1.165, 1.54) is 12.1 Å². The smallest absolute Gasteiger partial charge is 0.256 e. The summed E-state index contributed by atoms with van der Waals surface area (Å²) in [5.74, 6) is -0.0484. The van der Waals surface area contributed by atoms with Crippen molar-refractivity contribution in [2.45, 2.75) is 12.8 Å². The number of rotatable bonds is 6. The number of aryl methyl sites for hydroxylation is 1. The van der Waals surface area contributed by atoms with E-state index in [1.54, 1.807) is 0 Å². The summed E-state index contributed by atoms with van der Waals surface area (Å²) in [4.78, 5) is 19.5. The standard InChI is InChI=1S/C23H29FN4O/c1-25-14-10-21-22(25)5-4-13-28(23(21)29)12-3-2-11-26-15-17-27(18-16-26)20-8-6-19(24)7-9-20/h4-10,14H,2-3,11-13,15-18H2,1H3. The van der Waals surface area contributed by atoms with Gasteiger partial charge in [-0.2, -0.15) is 0 Å². The third-order valence-corrected chi connectivity index (χ3v) is 5.96. The fraction of sp³-hybridized carbons (Fsp3) is 0.435. The van der Waals surface area contributed by atoms with Gasteiger partial charge in [-0.25, -0.2) is 4.39 Å². The van der Waals surface area contributed by atoms with Gasteiger partial charge >= 0.3 is 0 Å². The third kappa shape index (κ3) is 4.53. The Labute approximate surface area is 172 Å². The summed E-state index contributed by atoms with van der Waals surface area (Å²) >= 11 is 0. The zero-order chi connectivity index (χ0) is 20.2. The molecule has 0 unspecified atom stereocenters. The van der Waals surface area contributed by atoms with Gasteiger partial charge in [-0.15, -0.1) is 0 Å². The SMILES string of the molecule is Cn1ccc2c1C=CCN(CCCCN1CCN(c3ccc(F)cc3)CC1)C2=O. The van der Waals surface area contributed by atoms with E-state index >= 15 is 0 Å². The average molecular weight is 397 g/mol. The van der Waals surface area contributed by atoms with Gasteiger partial charge in [0, 0.05) is 58.2 Å². The first-order chi connectivity index (χ1) is 14.1. The first kappa shape index (κ1) is 19.7. The third-order valence-electron chi connectivity index (χ3n) is 5.96. The number of benzene rings is 1. The summed E-state index contributed by atoms with van der Waals surface area (Å²) in [6.07, 6.45) is 8.18. The second kappa shape index (κ2) is 8.82. The van der Waals surface area contributed by atoms with Crippen LogP contribution in [0.2, 0.25) is 0 Å². The Morgan fingerprint density at radius 2 is 1.69 bits per heavy atom. The fourth-order valence-electron chi connectivity index (χ4n) is 4.19. The van der Waals surface area contributed by atoms with E-state index in [4.69, 9.17) is 0 Å². The number of anilines is 1. The molecule has 0 bridgehead atoms. The van der Waals surface area contributed by atoms with Gasteiger partial charge in [0.25, 0.3) is 5.91 Å². The molecule has 0 radical (unpaired) electrons. The van der Waals surface area contributed by atoms with Crippen molar-refractivity contribution in [1.29, 1.82) is 0 Å². The molecular formula is C23H29FN4O. The number of piperazine rings is 1. The molecule has 1 fully saturated rings. The van der Waals surface area contributed by atoms with Crippen molar-refractivity contribution in [3.8, 4) is 0 Å². The second-order valence-electron chi connectivity index (χ2n) is 7.89. The molecule has 0 aliphatic carbocycles. The number of fused-ring (bicyclic) bond motifs is 1. The number of aromatic nitrogens is 1. The number of nitrogens with zero attached hydrogens (tertiary/aromatic N) is 4. The highest BCUT2D eigenvalue weighted by Crippen LogP contribution is 2.19. The van der Waals surface area contributed by atoms with Crippen LogP contribution in [0.1, 0.15) is 28.9 Å². The van der Waals surface area contributed by atoms with Crippen LogP contribution < -0.4 is 4.90 Å². The monoisotopic (exact) mass is 396 g/mol. The highest BCUT2D eigenvalue weighted by atomic mass is 19.1. The molecular weight excluding hydrogens is 367 g/mol. The number of amides is 1. The Balaban J connectivity index is 1.19. The quantitative estimate of drug-likeness (QED) is 0.703. The summed E-state index contributed by atoms with van der Waals surface area (Å²) in [5, 5.41) is 0. The lowest BCUT2D eigenvalue weighted by molar-refractivity contribution is 0.0771. The maximum Gasteiger partial charge on any atom is 0.256 e. The summed E-state index contributed by atoms with van der Waals surface area (Å²) in [5.41, 5.74) is 2.90. The van der Waals surface area contributed by atoms with Crippen LogP contribution in [-0.4, -0.2) is 66.1 Å². The van der Waals surface area contributed by atoms with Crippen molar-refractivity contribution in [2.24, 2.45) is 7.05 Å². The summed E-state index contributed by atoms with van der Waals surface area (Å²) in [6, 6.07) is 8.69. The molecule has 6 heteroatoms. The van der Waals surface area contributed by atoms with Crippen LogP contribution in [0.5, 0.6) is 0 Å². The molecule has 1 aromatic carbocycles. The normalized spacial score (nSPS) is 17.5. The summed E-state index contributed by atoms with van der Waals surface area (Å²) in [6.45, 7) is 6.53. The number of hydrogen-bond acceptors (Lipinski definition) is 3. The molecule has 5 nitrogen and oxygen atoms in total. The van der Waals surface area contributed by atoms with Gasteiger partial charge in [0.05, 0.1) is 11.3 Å². The molecule has 2 aliphatic rings. The number of unbranched alkanes of at least 4 members (excludes halogenated alkanes) is 1. The predicted molar refractivity (Wildman–Crippen MR) is 115 cm³/mol. The topological polar surface area (TPSA) is 31.7 Å². The van der Waals surface area contributed by atoms with Gasteiger partial charge in [0.15, 0.2) is 0 Å². The molecule has 2 aliphatic heterocycles. The Kier molecular flexibility index (Phi) is 6.00. The van der Waals surface area contributed by atoms with Crippen LogP contribution in [0.3, 0.4) is 0 Å². The van der Waals surface area contributed by atoms with E-state index in [0.717, 1.165) is 69.1 Å². The minimum atomic E-state index is -0.186. The molecule has 1 aromatic heterocycles. The van der Waals surface area contributed by atoms with E-state index in [9.17, 15) is 9.18 Å². The summed E-state index contributed by atoms with van der Waals surface area (Å²) < 4.78 is 15.1. The van der Waals surface area contributed by atoms with Crippen LogP contribution >= 0.6 is 0 Å². The Hall–Kier alpha value is -2.60. The van der Waals surface area contributed by atoms with E-state index in [1.807, 2.05) is 47.0 Å². The number of hydrogen-bond donors (Lipinski definition) is 0. The summed E-state index contributed by atoms with van der Waals surface area (Å²) in [7, 11) is 1.97. The molecule has 0 spiro atoms. The largest absolute Gasteiger partial charge is 0.369 e. The van der Waals surface area contributed by atoms with Crippen LogP contribution in [0.4, 0.5) is 10.1 Å². The minimum Gasteiger partial charge on any atom is -0.369 e. The highest BCUT2D eigenvalue weighted by molar-refractivity contribution is 5.98. The molecule has 2 aromatic rings. The fourth-order valence-corrected chi connectivity index (χ4v) is 4.19. The second-order valence-corrected chi connectivity index (χ2v) is 7.89. The zero-order valence-electron chi connectivity index (χ0n) is 17.1. The Bertz CT molecular complexity index is 866. The Morgan fingerprint density at radius 3 is 2.45 bits per heavy atom. The van der Waals surface area contributed by atoms with Crippen LogP contribution in [0.15, 0.2) is 42.6 Å². The van der Waals surface area contributed by atoms with Crippen molar-refractivity contribution >= 4 is 17.7 Å². The lowest BCUT2D eigenvalue weighted by atomic mass is 10.2. The van der Waals surface area contributed by atoms with Crippen LogP contribution in [-0.2, 0) is 7.05 Å². The predicted octanol–water partition coefficient (Wildman–Crippen LogP) is 3.24. The van der Waals surface area contributed by atoms with Gasteiger partial charge < -0.3 is 14.4 Å². The maximum absolute atomic E-state index is 13.1. The number of halogens is 1. The minimum absolute atomic E-state index is 0.138. The first-order valence-electron chi connectivity index (χ1n) is 10.5. The molecule has 0 atom stereocenters. The van der Waals surface area contributed by atoms with Crippen molar-refractivity contribution in [1.82, 2.24) is 14.4 Å². The van der Waals surface area contributed by atoms with E-state index in [2.05, 4.69) is 15.9 Å². The lowest BCUT2D eigenvalue weighted by Gasteiger charge is -2.36. The highest BCUT2D eigenvalue weighted by Gasteiger charge is 2.22. The van der Waals surface area contributed by atoms with Crippen LogP contribution in [0.25, 0.3) is 6.08 Å². The molecule has 1 saturated heterocycles. The molecule has 4 rings (SSSR count). The Morgan fingerprint density at radius 1 is 0.966 bits per heavy atom. The number of carbonyl (C=O) groups excluding carboxylic acids is 1. The van der Waals surface area contributed by atoms with Crippen LogP contribution in [0, 0.1) is 5.82 Å². The van der Waals surface area contributed by atoms with Gasteiger partial charge in [-0.1, -0.05) is 6.08 Å².